The molecule has 0 unspecified atom stereocenters. The Bertz CT molecular complexity index is 652. The largest absolute Gasteiger partial charge is 0.347 e. The number of hydrogen-bond acceptors (Lipinski definition) is 3. The predicted octanol–water partition coefficient (Wildman–Crippen LogP) is 4.89. The highest BCUT2D eigenvalue weighted by Gasteiger charge is 2.19. The van der Waals surface area contributed by atoms with E-state index < -0.39 is 10.7 Å². The van der Waals surface area contributed by atoms with Crippen LogP contribution in [-0.4, -0.2) is 4.92 Å². The van der Waals surface area contributed by atoms with E-state index >= 15 is 0 Å². The average molecular weight is 346 g/mol. The number of nitro groups is 1. The van der Waals surface area contributed by atoms with Crippen LogP contribution in [0.25, 0.3) is 0 Å². The maximum absolute atomic E-state index is 13.7. The van der Waals surface area contributed by atoms with Crippen molar-refractivity contribution in [3.05, 3.63) is 61.8 Å². The smallest absolute Gasteiger partial charge is 0.311 e. The topological polar surface area (TPSA) is 55.2 Å². The van der Waals surface area contributed by atoms with Gasteiger partial charge < -0.3 is 5.32 Å². The number of nitrogens with zero attached hydrogens (tertiary/aromatic N) is 1. The molecule has 98 valence electrons. The van der Waals surface area contributed by atoms with E-state index in [1.165, 1.54) is 24.3 Å². The van der Waals surface area contributed by atoms with Crippen LogP contribution in [0.1, 0.15) is 0 Å². The molecule has 0 radical (unpaired) electrons. The monoisotopic (exact) mass is 344 g/mol. The summed E-state index contributed by atoms with van der Waals surface area (Å²) in [5.74, 6) is -0.524. The number of benzene rings is 2. The van der Waals surface area contributed by atoms with Gasteiger partial charge in [-0.15, -0.1) is 0 Å². The van der Waals surface area contributed by atoms with Gasteiger partial charge >= 0.3 is 5.69 Å². The van der Waals surface area contributed by atoms with E-state index in [-0.39, 0.29) is 22.1 Å². The van der Waals surface area contributed by atoms with Gasteiger partial charge in [-0.05, 0) is 30.3 Å². The lowest BCUT2D eigenvalue weighted by atomic mass is 10.2. The quantitative estimate of drug-likeness (QED) is 0.636. The predicted molar refractivity (Wildman–Crippen MR) is 75.5 cm³/mol. The van der Waals surface area contributed by atoms with E-state index in [9.17, 15) is 14.5 Å². The Morgan fingerprint density at radius 3 is 2.63 bits per heavy atom. The van der Waals surface area contributed by atoms with Crippen molar-refractivity contribution in [1.29, 1.82) is 0 Å². The van der Waals surface area contributed by atoms with Gasteiger partial charge in [0.2, 0.25) is 0 Å². The molecule has 0 saturated heterocycles. The molecule has 7 heteroatoms. The first-order chi connectivity index (χ1) is 8.99. The minimum atomic E-state index is -0.610. The molecule has 2 rings (SSSR count). The summed E-state index contributed by atoms with van der Waals surface area (Å²) in [6.45, 7) is 0. The number of nitrogens with one attached hydrogen (secondary N) is 1. The van der Waals surface area contributed by atoms with Gasteiger partial charge in [0.15, 0.2) is 0 Å². The molecular weight excluding hydrogens is 338 g/mol. The first-order valence-electron chi connectivity index (χ1n) is 5.14. The summed E-state index contributed by atoms with van der Waals surface area (Å²) in [5, 5.41) is 13.6. The highest BCUT2D eigenvalue weighted by Crippen LogP contribution is 2.35. The van der Waals surface area contributed by atoms with Crippen LogP contribution in [0.2, 0.25) is 5.02 Å². The van der Waals surface area contributed by atoms with Crippen molar-refractivity contribution >= 4 is 44.6 Å². The summed E-state index contributed by atoms with van der Waals surface area (Å²) in [4.78, 5) is 10.3. The molecule has 1 N–H and O–H groups in total. The van der Waals surface area contributed by atoms with Crippen molar-refractivity contribution in [3.8, 4) is 0 Å². The second-order valence-corrected chi connectivity index (χ2v) is 4.97. The standard InChI is InChI=1S/C12H7BrClFN2O2/c13-7-4-5-10(9(15)6-7)16-11-3-1-2-8(14)12(11)17(18)19/h1-6,16H. The van der Waals surface area contributed by atoms with Gasteiger partial charge in [0.25, 0.3) is 0 Å². The van der Waals surface area contributed by atoms with E-state index in [2.05, 4.69) is 21.2 Å². The van der Waals surface area contributed by atoms with Crippen molar-refractivity contribution in [3.63, 3.8) is 0 Å². The molecule has 2 aromatic carbocycles. The Morgan fingerprint density at radius 2 is 2.00 bits per heavy atom. The van der Waals surface area contributed by atoms with Crippen LogP contribution in [0.15, 0.2) is 40.9 Å². The second kappa shape index (κ2) is 5.54. The number of halogens is 3. The number of rotatable bonds is 3. The maximum atomic E-state index is 13.7. The van der Waals surface area contributed by atoms with E-state index in [4.69, 9.17) is 11.6 Å². The van der Waals surface area contributed by atoms with Crippen LogP contribution in [0.3, 0.4) is 0 Å². The minimum Gasteiger partial charge on any atom is -0.347 e. The van der Waals surface area contributed by atoms with Gasteiger partial charge in [-0.2, -0.15) is 0 Å². The first kappa shape index (κ1) is 13.8. The van der Waals surface area contributed by atoms with Gasteiger partial charge in [-0.25, -0.2) is 4.39 Å². The van der Waals surface area contributed by atoms with Gasteiger partial charge in [-0.1, -0.05) is 33.6 Å². The van der Waals surface area contributed by atoms with E-state index in [1.54, 1.807) is 12.1 Å². The molecule has 0 aliphatic heterocycles. The fourth-order valence-electron chi connectivity index (χ4n) is 1.54. The second-order valence-electron chi connectivity index (χ2n) is 3.64. The van der Waals surface area contributed by atoms with Crippen molar-refractivity contribution in [2.45, 2.75) is 0 Å². The van der Waals surface area contributed by atoms with Crippen molar-refractivity contribution in [2.75, 3.05) is 5.32 Å². The zero-order valence-electron chi connectivity index (χ0n) is 9.36. The fraction of sp³-hybridized carbons (Fsp3) is 0. The van der Waals surface area contributed by atoms with Gasteiger partial charge in [0.05, 0.1) is 10.6 Å². The molecule has 19 heavy (non-hydrogen) atoms. The minimum absolute atomic E-state index is 0.00693. The molecule has 4 nitrogen and oxygen atoms in total. The normalized spacial score (nSPS) is 10.3. The molecule has 0 saturated carbocycles. The summed E-state index contributed by atoms with van der Waals surface area (Å²) < 4.78 is 14.3. The Hall–Kier alpha value is -1.66. The molecule has 2 aromatic rings. The molecule has 0 aliphatic rings. The SMILES string of the molecule is O=[N+]([O-])c1c(Cl)cccc1Nc1ccc(Br)cc1F. The number of hydrogen-bond donors (Lipinski definition) is 1. The summed E-state index contributed by atoms with van der Waals surface area (Å²) in [6, 6.07) is 8.79. The van der Waals surface area contributed by atoms with Crippen LogP contribution in [0, 0.1) is 15.9 Å². The highest BCUT2D eigenvalue weighted by molar-refractivity contribution is 9.10. The van der Waals surface area contributed by atoms with E-state index in [1.807, 2.05) is 0 Å². The van der Waals surface area contributed by atoms with Crippen LogP contribution < -0.4 is 5.32 Å². The van der Waals surface area contributed by atoms with E-state index in [0.717, 1.165) is 0 Å². The third kappa shape index (κ3) is 3.02. The molecule has 0 heterocycles. The molecule has 0 fully saturated rings. The van der Waals surface area contributed by atoms with Crippen LogP contribution >= 0.6 is 27.5 Å². The average Bonchev–Trinajstić information content (AvgIpc) is 2.32. The first-order valence-corrected chi connectivity index (χ1v) is 6.31. The molecular formula is C12H7BrClFN2O2. The summed E-state index contributed by atoms with van der Waals surface area (Å²) in [7, 11) is 0. The Kier molecular flexibility index (Phi) is 4.01. The number of anilines is 2. The molecule has 0 aliphatic carbocycles. The molecule has 0 atom stereocenters. The summed E-state index contributed by atoms with van der Waals surface area (Å²) in [5.41, 5.74) is -0.0150. The Morgan fingerprint density at radius 1 is 1.26 bits per heavy atom. The Labute approximate surface area is 121 Å². The molecule has 0 aromatic heterocycles. The Balaban J connectivity index is 2.44. The van der Waals surface area contributed by atoms with Crippen molar-refractivity contribution in [2.24, 2.45) is 0 Å². The number of para-hydroxylation sites is 1. The lowest BCUT2D eigenvalue weighted by Crippen LogP contribution is -1.99. The van der Waals surface area contributed by atoms with Gasteiger partial charge in [-0.3, -0.25) is 10.1 Å². The lowest BCUT2D eigenvalue weighted by Gasteiger charge is -2.09. The van der Waals surface area contributed by atoms with E-state index in [0.29, 0.717) is 4.47 Å². The number of nitro benzene ring substituents is 1. The van der Waals surface area contributed by atoms with Crippen LogP contribution in [-0.2, 0) is 0 Å². The van der Waals surface area contributed by atoms with Crippen LogP contribution in [0.5, 0.6) is 0 Å². The third-order valence-electron chi connectivity index (χ3n) is 2.37. The maximum Gasteiger partial charge on any atom is 0.311 e. The zero-order chi connectivity index (χ0) is 14.0. The van der Waals surface area contributed by atoms with Crippen LogP contribution in [0.4, 0.5) is 21.5 Å². The lowest BCUT2D eigenvalue weighted by molar-refractivity contribution is -0.383. The fourth-order valence-corrected chi connectivity index (χ4v) is 2.11. The summed E-state index contributed by atoms with van der Waals surface area (Å²) in [6.07, 6.45) is 0. The third-order valence-corrected chi connectivity index (χ3v) is 3.17. The highest BCUT2D eigenvalue weighted by atomic mass is 79.9. The summed E-state index contributed by atoms with van der Waals surface area (Å²) >= 11 is 8.91. The van der Waals surface area contributed by atoms with Gasteiger partial charge in [0, 0.05) is 4.47 Å². The van der Waals surface area contributed by atoms with Crippen molar-refractivity contribution in [1.82, 2.24) is 0 Å². The molecule has 0 bridgehead atoms. The molecule has 0 spiro atoms. The molecule has 0 amide bonds. The van der Waals surface area contributed by atoms with Gasteiger partial charge in [0.1, 0.15) is 16.5 Å². The van der Waals surface area contributed by atoms with Crippen molar-refractivity contribution < 1.29 is 9.31 Å². The zero-order valence-corrected chi connectivity index (χ0v) is 11.7.